The summed E-state index contributed by atoms with van der Waals surface area (Å²) >= 11 is 0. The van der Waals surface area contributed by atoms with Crippen LogP contribution in [0.5, 0.6) is 0 Å². The highest BCUT2D eigenvalue weighted by atomic mass is 16.2. The van der Waals surface area contributed by atoms with E-state index in [-0.39, 0.29) is 17.5 Å². The third kappa shape index (κ3) is 4.66. The molecule has 2 atom stereocenters. The highest BCUT2D eigenvalue weighted by Crippen LogP contribution is 2.19. The van der Waals surface area contributed by atoms with Gasteiger partial charge >= 0.3 is 0 Å². The number of nitrogens with one attached hydrogen (secondary N) is 2. The van der Waals surface area contributed by atoms with E-state index < -0.39 is 0 Å². The summed E-state index contributed by atoms with van der Waals surface area (Å²) in [5, 5.41) is 6.50. The molecule has 17 heavy (non-hydrogen) atoms. The molecule has 0 aliphatic carbocycles. The van der Waals surface area contributed by atoms with Gasteiger partial charge in [0.1, 0.15) is 0 Å². The number of hydrogen-bond acceptors (Lipinski definition) is 2. The summed E-state index contributed by atoms with van der Waals surface area (Å²) in [6, 6.07) is 0.283. The van der Waals surface area contributed by atoms with Crippen LogP contribution in [0, 0.1) is 5.92 Å². The van der Waals surface area contributed by atoms with Crippen molar-refractivity contribution in [1.82, 2.24) is 10.6 Å². The minimum Gasteiger partial charge on any atom is -0.352 e. The first kappa shape index (κ1) is 14.5. The zero-order valence-electron chi connectivity index (χ0n) is 11.8. The van der Waals surface area contributed by atoms with Crippen LogP contribution in [0.1, 0.15) is 59.8 Å². The van der Waals surface area contributed by atoms with Crippen molar-refractivity contribution >= 4 is 5.91 Å². The molecule has 2 N–H and O–H groups in total. The van der Waals surface area contributed by atoms with E-state index in [2.05, 4.69) is 31.4 Å². The molecule has 0 aromatic carbocycles. The van der Waals surface area contributed by atoms with Crippen molar-refractivity contribution in [3.63, 3.8) is 0 Å². The number of amides is 1. The highest BCUT2D eigenvalue weighted by molar-refractivity contribution is 5.86. The van der Waals surface area contributed by atoms with E-state index >= 15 is 0 Å². The largest absolute Gasteiger partial charge is 0.352 e. The normalized spacial score (nSPS) is 26.9. The lowest BCUT2D eigenvalue weighted by molar-refractivity contribution is -0.128. The van der Waals surface area contributed by atoms with Gasteiger partial charge in [0.05, 0.1) is 5.54 Å². The van der Waals surface area contributed by atoms with Crippen LogP contribution in [-0.4, -0.2) is 24.0 Å². The van der Waals surface area contributed by atoms with Crippen LogP contribution in [0.4, 0.5) is 0 Å². The first-order valence-electron chi connectivity index (χ1n) is 7.00. The van der Waals surface area contributed by atoms with E-state index in [4.69, 9.17) is 0 Å². The maximum absolute atomic E-state index is 12.2. The third-order valence-corrected chi connectivity index (χ3v) is 3.67. The van der Waals surface area contributed by atoms with E-state index in [1.54, 1.807) is 0 Å². The van der Waals surface area contributed by atoms with E-state index in [0.29, 0.717) is 5.92 Å². The molecule has 1 saturated heterocycles. The van der Waals surface area contributed by atoms with Crippen molar-refractivity contribution in [2.75, 3.05) is 6.54 Å². The average Bonchev–Trinajstić information content (AvgIpc) is 2.27. The monoisotopic (exact) mass is 240 g/mol. The Hall–Kier alpha value is -0.570. The summed E-state index contributed by atoms with van der Waals surface area (Å²) in [6.45, 7) is 9.53. The molecule has 3 heteroatoms. The molecule has 0 radical (unpaired) electrons. The standard InChI is InChI=1S/C14H28N2O/c1-11(2)7-8-12(3)16-13(17)14(4)9-5-6-10-15-14/h11-12,15H,5-10H2,1-4H3,(H,16,17). The Morgan fingerprint density at radius 3 is 2.53 bits per heavy atom. The quantitative estimate of drug-likeness (QED) is 0.775. The number of piperidine rings is 1. The summed E-state index contributed by atoms with van der Waals surface area (Å²) in [7, 11) is 0. The maximum Gasteiger partial charge on any atom is 0.240 e. The Bertz CT molecular complexity index is 245. The van der Waals surface area contributed by atoms with Gasteiger partial charge in [-0.1, -0.05) is 13.8 Å². The second-order valence-electron chi connectivity index (χ2n) is 6.06. The molecule has 1 aliphatic heterocycles. The molecular formula is C14H28N2O. The van der Waals surface area contributed by atoms with Crippen molar-refractivity contribution in [1.29, 1.82) is 0 Å². The van der Waals surface area contributed by atoms with Gasteiger partial charge in [-0.05, 0) is 58.4 Å². The summed E-state index contributed by atoms with van der Waals surface area (Å²) in [5.41, 5.74) is -0.343. The van der Waals surface area contributed by atoms with Gasteiger partial charge in [0, 0.05) is 6.04 Å². The summed E-state index contributed by atoms with van der Waals surface area (Å²) in [6.07, 6.45) is 5.53. The molecule has 1 aliphatic rings. The van der Waals surface area contributed by atoms with Crippen LogP contribution >= 0.6 is 0 Å². The highest BCUT2D eigenvalue weighted by Gasteiger charge is 2.34. The molecule has 0 aromatic rings. The van der Waals surface area contributed by atoms with Crippen LogP contribution in [0.15, 0.2) is 0 Å². The van der Waals surface area contributed by atoms with Crippen LogP contribution < -0.4 is 10.6 Å². The van der Waals surface area contributed by atoms with Crippen molar-refractivity contribution in [2.45, 2.75) is 71.4 Å². The number of hydrogen-bond donors (Lipinski definition) is 2. The zero-order valence-corrected chi connectivity index (χ0v) is 11.8. The number of carbonyl (C=O) groups is 1. The third-order valence-electron chi connectivity index (χ3n) is 3.67. The Kier molecular flexibility index (Phi) is 5.44. The van der Waals surface area contributed by atoms with Gasteiger partial charge < -0.3 is 10.6 Å². The molecule has 1 heterocycles. The van der Waals surface area contributed by atoms with Crippen LogP contribution in [-0.2, 0) is 4.79 Å². The van der Waals surface area contributed by atoms with E-state index in [9.17, 15) is 4.79 Å². The van der Waals surface area contributed by atoms with Gasteiger partial charge in [-0.2, -0.15) is 0 Å². The van der Waals surface area contributed by atoms with Crippen LogP contribution in [0.2, 0.25) is 0 Å². The molecule has 1 rings (SSSR count). The van der Waals surface area contributed by atoms with Crippen molar-refractivity contribution < 1.29 is 4.79 Å². The van der Waals surface area contributed by atoms with Crippen molar-refractivity contribution in [2.24, 2.45) is 5.92 Å². The molecule has 1 amide bonds. The minimum atomic E-state index is -0.343. The Balaban J connectivity index is 2.36. The first-order chi connectivity index (χ1) is 7.94. The molecule has 0 spiro atoms. The summed E-state index contributed by atoms with van der Waals surface area (Å²) in [4.78, 5) is 12.2. The van der Waals surface area contributed by atoms with Gasteiger partial charge in [-0.3, -0.25) is 4.79 Å². The second kappa shape index (κ2) is 6.39. The molecule has 0 saturated carbocycles. The molecule has 0 bridgehead atoms. The smallest absolute Gasteiger partial charge is 0.240 e. The van der Waals surface area contributed by atoms with E-state index in [1.807, 2.05) is 6.92 Å². The van der Waals surface area contributed by atoms with Gasteiger partial charge in [0.2, 0.25) is 5.91 Å². The molecule has 0 aromatic heterocycles. The van der Waals surface area contributed by atoms with Crippen molar-refractivity contribution in [3.8, 4) is 0 Å². The van der Waals surface area contributed by atoms with Gasteiger partial charge in [0.15, 0.2) is 0 Å². The van der Waals surface area contributed by atoms with E-state index in [0.717, 1.165) is 25.8 Å². The van der Waals surface area contributed by atoms with Gasteiger partial charge in [-0.25, -0.2) is 0 Å². The predicted octanol–water partition coefficient (Wildman–Crippen LogP) is 2.46. The average molecular weight is 240 g/mol. The van der Waals surface area contributed by atoms with Gasteiger partial charge in [0.25, 0.3) is 0 Å². The molecule has 3 nitrogen and oxygen atoms in total. The lowest BCUT2D eigenvalue weighted by Crippen LogP contribution is -2.58. The second-order valence-corrected chi connectivity index (χ2v) is 6.06. The first-order valence-corrected chi connectivity index (χ1v) is 7.00. The fraction of sp³-hybridized carbons (Fsp3) is 0.929. The molecular weight excluding hydrogens is 212 g/mol. The minimum absolute atomic E-state index is 0.174. The van der Waals surface area contributed by atoms with E-state index in [1.165, 1.54) is 12.8 Å². The lowest BCUT2D eigenvalue weighted by atomic mass is 9.89. The maximum atomic E-state index is 12.2. The lowest BCUT2D eigenvalue weighted by Gasteiger charge is -2.34. The molecule has 1 fully saturated rings. The molecule has 2 unspecified atom stereocenters. The van der Waals surface area contributed by atoms with Crippen molar-refractivity contribution in [3.05, 3.63) is 0 Å². The number of carbonyl (C=O) groups excluding carboxylic acids is 1. The Morgan fingerprint density at radius 2 is 2.00 bits per heavy atom. The summed E-state index contributed by atoms with van der Waals surface area (Å²) in [5.74, 6) is 0.881. The van der Waals surface area contributed by atoms with Gasteiger partial charge in [-0.15, -0.1) is 0 Å². The SMILES string of the molecule is CC(C)CCC(C)NC(=O)C1(C)CCCCN1. The Morgan fingerprint density at radius 1 is 1.29 bits per heavy atom. The van der Waals surface area contributed by atoms with Crippen LogP contribution in [0.3, 0.4) is 0 Å². The Labute approximate surface area is 106 Å². The molecule has 100 valence electrons. The number of rotatable bonds is 5. The topological polar surface area (TPSA) is 41.1 Å². The summed E-state index contributed by atoms with van der Waals surface area (Å²) < 4.78 is 0. The fourth-order valence-electron chi connectivity index (χ4n) is 2.29. The van der Waals surface area contributed by atoms with Crippen LogP contribution in [0.25, 0.3) is 0 Å². The fourth-order valence-corrected chi connectivity index (χ4v) is 2.29. The zero-order chi connectivity index (χ0) is 12.9. The predicted molar refractivity (Wildman–Crippen MR) is 71.9 cm³/mol.